The predicted molar refractivity (Wildman–Crippen MR) is 63.2 cm³/mol. The minimum atomic E-state index is -0.103. The molecule has 0 aromatic heterocycles. The smallest absolute Gasteiger partial charge is 0.161 e. The Hall–Kier alpha value is -1.69. The second-order valence-electron chi connectivity index (χ2n) is 4.99. The lowest BCUT2D eigenvalue weighted by molar-refractivity contribution is 0.171. The van der Waals surface area contributed by atoms with Crippen LogP contribution in [0.1, 0.15) is 24.0 Å². The minimum Gasteiger partial charge on any atom is -0.486 e. The Balaban J connectivity index is 1.92. The Morgan fingerprint density at radius 3 is 2.47 bits per heavy atom. The lowest BCUT2D eigenvalue weighted by atomic mass is 9.94. The average molecular weight is 229 g/mol. The first-order valence-electron chi connectivity index (χ1n) is 6.03. The normalized spacial score (nSPS) is 19.5. The number of ether oxygens (including phenoxy) is 2. The van der Waals surface area contributed by atoms with Crippen LogP contribution in [0.4, 0.5) is 0 Å². The SMILES string of the molecule is Cc1cc2c(cc1CC1(C#N)CC1)OCCO2. The number of aryl methyl sites for hydroxylation is 1. The molecular weight excluding hydrogens is 214 g/mol. The lowest BCUT2D eigenvalue weighted by Crippen LogP contribution is -2.16. The number of rotatable bonds is 2. The molecule has 3 heteroatoms. The summed E-state index contributed by atoms with van der Waals surface area (Å²) in [6.45, 7) is 3.30. The van der Waals surface area contributed by atoms with Gasteiger partial charge in [0.25, 0.3) is 0 Å². The molecule has 17 heavy (non-hydrogen) atoms. The number of benzene rings is 1. The summed E-state index contributed by atoms with van der Waals surface area (Å²) in [5, 5.41) is 9.14. The predicted octanol–water partition coefficient (Wildman–Crippen LogP) is 2.61. The van der Waals surface area contributed by atoms with Crippen LogP contribution < -0.4 is 9.47 Å². The van der Waals surface area contributed by atoms with Gasteiger partial charge < -0.3 is 9.47 Å². The Labute approximate surface area is 101 Å². The maximum atomic E-state index is 9.14. The standard InChI is InChI=1S/C14H15NO2/c1-10-6-12-13(17-5-4-16-12)7-11(10)8-14(9-15)2-3-14/h6-7H,2-5,8H2,1H3. The maximum absolute atomic E-state index is 9.14. The molecule has 0 saturated heterocycles. The summed E-state index contributed by atoms with van der Waals surface area (Å²) in [7, 11) is 0. The number of nitrogens with zero attached hydrogens (tertiary/aromatic N) is 1. The van der Waals surface area contributed by atoms with Crippen LogP contribution in [-0.2, 0) is 6.42 Å². The van der Waals surface area contributed by atoms with Crippen molar-refractivity contribution in [3.05, 3.63) is 23.3 Å². The molecule has 1 saturated carbocycles. The molecule has 1 aliphatic carbocycles. The highest BCUT2D eigenvalue weighted by Crippen LogP contribution is 2.48. The molecule has 0 radical (unpaired) electrons. The molecule has 2 aliphatic rings. The van der Waals surface area contributed by atoms with Gasteiger partial charge in [-0.05, 0) is 49.4 Å². The molecule has 1 aromatic carbocycles. The summed E-state index contributed by atoms with van der Waals surface area (Å²) < 4.78 is 11.1. The zero-order chi connectivity index (χ0) is 11.9. The van der Waals surface area contributed by atoms with Crippen LogP contribution in [-0.4, -0.2) is 13.2 Å². The summed E-state index contributed by atoms with van der Waals surface area (Å²) in [6, 6.07) is 6.50. The Morgan fingerprint density at radius 1 is 1.24 bits per heavy atom. The molecule has 1 heterocycles. The average Bonchev–Trinajstić information content (AvgIpc) is 3.11. The molecule has 1 fully saturated rings. The van der Waals surface area contributed by atoms with Gasteiger partial charge in [-0.1, -0.05) is 0 Å². The van der Waals surface area contributed by atoms with E-state index in [1.54, 1.807) is 0 Å². The van der Waals surface area contributed by atoms with E-state index in [4.69, 9.17) is 14.7 Å². The van der Waals surface area contributed by atoms with Crippen molar-refractivity contribution in [1.82, 2.24) is 0 Å². The molecule has 3 nitrogen and oxygen atoms in total. The fraction of sp³-hybridized carbons (Fsp3) is 0.500. The van der Waals surface area contributed by atoms with Gasteiger partial charge in [0, 0.05) is 0 Å². The van der Waals surface area contributed by atoms with Crippen LogP contribution in [0, 0.1) is 23.7 Å². The number of hydrogen-bond donors (Lipinski definition) is 0. The van der Waals surface area contributed by atoms with Gasteiger partial charge in [0.2, 0.25) is 0 Å². The van der Waals surface area contributed by atoms with Gasteiger partial charge in [0.15, 0.2) is 11.5 Å². The van der Waals surface area contributed by atoms with E-state index in [-0.39, 0.29) is 5.41 Å². The highest BCUT2D eigenvalue weighted by Gasteiger charge is 2.43. The van der Waals surface area contributed by atoms with Gasteiger partial charge in [-0.25, -0.2) is 0 Å². The van der Waals surface area contributed by atoms with E-state index in [9.17, 15) is 0 Å². The first kappa shape index (κ1) is 10.5. The number of nitriles is 1. The molecular formula is C14H15NO2. The van der Waals surface area contributed by atoms with Crippen molar-refractivity contribution in [2.24, 2.45) is 5.41 Å². The first-order valence-corrected chi connectivity index (χ1v) is 6.03. The van der Waals surface area contributed by atoms with Gasteiger partial charge in [-0.15, -0.1) is 0 Å². The van der Waals surface area contributed by atoms with Crippen LogP contribution in [0.25, 0.3) is 0 Å². The summed E-state index contributed by atoms with van der Waals surface area (Å²) in [4.78, 5) is 0. The molecule has 0 N–H and O–H groups in total. The van der Waals surface area contributed by atoms with E-state index in [1.165, 1.54) is 11.1 Å². The summed E-state index contributed by atoms with van der Waals surface area (Å²) in [6.07, 6.45) is 2.89. The molecule has 1 aliphatic heterocycles. The van der Waals surface area contributed by atoms with E-state index in [2.05, 4.69) is 13.0 Å². The highest BCUT2D eigenvalue weighted by atomic mass is 16.6. The lowest BCUT2D eigenvalue weighted by Gasteiger charge is -2.21. The quantitative estimate of drug-likeness (QED) is 0.782. The van der Waals surface area contributed by atoms with Crippen LogP contribution in [0.15, 0.2) is 12.1 Å². The fourth-order valence-electron chi connectivity index (χ4n) is 2.27. The van der Waals surface area contributed by atoms with E-state index in [1.807, 2.05) is 12.1 Å². The Kier molecular flexibility index (Phi) is 2.25. The summed E-state index contributed by atoms with van der Waals surface area (Å²) in [5.41, 5.74) is 2.30. The van der Waals surface area contributed by atoms with Crippen molar-refractivity contribution >= 4 is 0 Å². The summed E-state index contributed by atoms with van der Waals surface area (Å²) in [5.74, 6) is 1.66. The maximum Gasteiger partial charge on any atom is 0.161 e. The van der Waals surface area contributed by atoms with E-state index in [0.29, 0.717) is 13.2 Å². The zero-order valence-corrected chi connectivity index (χ0v) is 9.95. The van der Waals surface area contributed by atoms with Crippen molar-refractivity contribution < 1.29 is 9.47 Å². The summed E-state index contributed by atoms with van der Waals surface area (Å²) >= 11 is 0. The van der Waals surface area contributed by atoms with Crippen LogP contribution >= 0.6 is 0 Å². The van der Waals surface area contributed by atoms with Crippen molar-refractivity contribution in [1.29, 1.82) is 5.26 Å². The number of hydrogen-bond acceptors (Lipinski definition) is 3. The number of fused-ring (bicyclic) bond motifs is 1. The van der Waals surface area contributed by atoms with Gasteiger partial charge in [0.05, 0.1) is 11.5 Å². The monoisotopic (exact) mass is 229 g/mol. The molecule has 0 bridgehead atoms. The van der Waals surface area contributed by atoms with Crippen LogP contribution in [0.2, 0.25) is 0 Å². The van der Waals surface area contributed by atoms with Gasteiger partial charge in [0.1, 0.15) is 13.2 Å². The van der Waals surface area contributed by atoms with Crippen molar-refractivity contribution in [3.63, 3.8) is 0 Å². The fourth-order valence-corrected chi connectivity index (χ4v) is 2.27. The Bertz CT molecular complexity index is 498. The highest BCUT2D eigenvalue weighted by molar-refractivity contribution is 5.48. The van der Waals surface area contributed by atoms with Crippen LogP contribution in [0.3, 0.4) is 0 Å². The molecule has 0 unspecified atom stereocenters. The molecule has 0 atom stereocenters. The third-order valence-electron chi connectivity index (χ3n) is 3.62. The van der Waals surface area contributed by atoms with E-state index in [0.717, 1.165) is 30.8 Å². The third-order valence-corrected chi connectivity index (χ3v) is 3.62. The van der Waals surface area contributed by atoms with Gasteiger partial charge in [-0.2, -0.15) is 5.26 Å². The van der Waals surface area contributed by atoms with Gasteiger partial charge >= 0.3 is 0 Å². The largest absolute Gasteiger partial charge is 0.486 e. The molecule has 88 valence electrons. The second kappa shape index (κ2) is 3.66. The topological polar surface area (TPSA) is 42.2 Å². The zero-order valence-electron chi connectivity index (χ0n) is 9.95. The van der Waals surface area contributed by atoms with Crippen LogP contribution in [0.5, 0.6) is 11.5 Å². The molecule has 0 amide bonds. The molecule has 3 rings (SSSR count). The van der Waals surface area contributed by atoms with Crippen molar-refractivity contribution in [3.8, 4) is 17.6 Å². The Morgan fingerprint density at radius 2 is 1.88 bits per heavy atom. The third kappa shape index (κ3) is 1.84. The van der Waals surface area contributed by atoms with Gasteiger partial charge in [-0.3, -0.25) is 0 Å². The van der Waals surface area contributed by atoms with E-state index < -0.39 is 0 Å². The molecule has 0 spiro atoms. The molecule has 1 aromatic rings. The van der Waals surface area contributed by atoms with Crippen molar-refractivity contribution in [2.45, 2.75) is 26.2 Å². The minimum absolute atomic E-state index is 0.103. The first-order chi connectivity index (χ1) is 8.22. The van der Waals surface area contributed by atoms with E-state index >= 15 is 0 Å². The second-order valence-corrected chi connectivity index (χ2v) is 4.99. The van der Waals surface area contributed by atoms with Crippen molar-refractivity contribution in [2.75, 3.05) is 13.2 Å².